The van der Waals surface area contributed by atoms with E-state index < -0.39 is 17.9 Å². The van der Waals surface area contributed by atoms with Crippen LogP contribution in [0.15, 0.2) is 0 Å². The lowest BCUT2D eigenvalue weighted by Gasteiger charge is -2.14. The van der Waals surface area contributed by atoms with Gasteiger partial charge in [0.25, 0.3) is 0 Å². The smallest absolute Gasteiger partial charge is 0.325 e. The number of rotatable bonds is 6. The number of esters is 1. The first-order chi connectivity index (χ1) is 7.51. The minimum Gasteiger partial charge on any atom is -0.465 e. The molecule has 0 aromatic heterocycles. The summed E-state index contributed by atoms with van der Waals surface area (Å²) in [7, 11) is 0. The van der Waals surface area contributed by atoms with Crippen LogP contribution in [0.5, 0.6) is 0 Å². The highest BCUT2D eigenvalue weighted by atomic mass is 32.1. The van der Waals surface area contributed by atoms with Gasteiger partial charge in [-0.2, -0.15) is 12.6 Å². The number of nitrogens with one attached hydrogen (secondary N) is 2. The van der Waals surface area contributed by atoms with Crippen molar-refractivity contribution in [3.05, 3.63) is 0 Å². The van der Waals surface area contributed by atoms with Gasteiger partial charge >= 0.3 is 5.97 Å². The second-order valence-electron chi connectivity index (χ2n) is 2.96. The molecule has 0 rings (SSSR count). The van der Waals surface area contributed by atoms with Crippen molar-refractivity contribution in [3.8, 4) is 0 Å². The van der Waals surface area contributed by atoms with Gasteiger partial charge in [0, 0.05) is 12.7 Å². The molecule has 0 aliphatic carbocycles. The number of carbonyl (C=O) groups is 3. The summed E-state index contributed by atoms with van der Waals surface area (Å²) in [4.78, 5) is 33.1. The van der Waals surface area contributed by atoms with Crippen LogP contribution in [0, 0.1) is 0 Å². The van der Waals surface area contributed by atoms with E-state index >= 15 is 0 Å². The van der Waals surface area contributed by atoms with E-state index in [9.17, 15) is 14.4 Å². The molecule has 0 unspecified atom stereocenters. The average Bonchev–Trinajstić information content (AvgIpc) is 2.22. The highest BCUT2D eigenvalue weighted by Crippen LogP contribution is 1.89. The Labute approximate surface area is 99.5 Å². The molecule has 2 N–H and O–H groups in total. The Balaban J connectivity index is 4.02. The largest absolute Gasteiger partial charge is 0.465 e. The van der Waals surface area contributed by atoms with E-state index in [1.165, 1.54) is 6.92 Å². The second kappa shape index (κ2) is 7.98. The Morgan fingerprint density at radius 1 is 1.38 bits per heavy atom. The molecule has 0 radical (unpaired) electrons. The Morgan fingerprint density at radius 2 is 2.00 bits per heavy atom. The first-order valence-corrected chi connectivity index (χ1v) is 5.45. The molecule has 0 bridgehead atoms. The summed E-state index contributed by atoms with van der Waals surface area (Å²) in [5.41, 5.74) is 0. The van der Waals surface area contributed by atoms with E-state index in [2.05, 4.69) is 28.0 Å². The number of thiol groups is 1. The quantitative estimate of drug-likeness (QED) is 0.420. The summed E-state index contributed by atoms with van der Waals surface area (Å²) in [6.07, 6.45) is 0. The topological polar surface area (TPSA) is 84.5 Å². The van der Waals surface area contributed by atoms with E-state index in [4.69, 9.17) is 0 Å². The van der Waals surface area contributed by atoms with Gasteiger partial charge in [0.1, 0.15) is 12.6 Å². The van der Waals surface area contributed by atoms with Crippen molar-refractivity contribution in [2.45, 2.75) is 19.9 Å². The molecule has 0 aliphatic heterocycles. The molecule has 0 aromatic rings. The molecule has 0 fully saturated rings. The summed E-state index contributed by atoms with van der Waals surface area (Å²) in [5, 5.41) is 4.75. The first-order valence-electron chi connectivity index (χ1n) is 4.82. The molecule has 0 saturated heterocycles. The van der Waals surface area contributed by atoms with Crippen molar-refractivity contribution in [2.75, 3.05) is 18.9 Å². The zero-order valence-electron chi connectivity index (χ0n) is 9.28. The molecule has 0 saturated carbocycles. The Kier molecular flexibility index (Phi) is 7.36. The number of ether oxygens (including phenoxy) is 1. The van der Waals surface area contributed by atoms with Crippen LogP contribution in [0.4, 0.5) is 0 Å². The number of amides is 2. The van der Waals surface area contributed by atoms with Gasteiger partial charge in [-0.05, 0) is 6.92 Å². The van der Waals surface area contributed by atoms with Crippen LogP contribution in [0.3, 0.4) is 0 Å². The van der Waals surface area contributed by atoms with Crippen LogP contribution in [0.1, 0.15) is 13.8 Å². The minimum absolute atomic E-state index is 0.161. The fourth-order valence-corrected chi connectivity index (χ4v) is 1.19. The molecular formula is C9H16N2O4S. The van der Waals surface area contributed by atoms with Crippen molar-refractivity contribution in [1.29, 1.82) is 0 Å². The fourth-order valence-electron chi connectivity index (χ4n) is 0.934. The maximum Gasteiger partial charge on any atom is 0.325 e. The lowest BCUT2D eigenvalue weighted by atomic mass is 10.3. The zero-order chi connectivity index (χ0) is 12.6. The van der Waals surface area contributed by atoms with E-state index in [0.29, 0.717) is 0 Å². The van der Waals surface area contributed by atoms with Gasteiger partial charge in [0.05, 0.1) is 6.61 Å². The Hall–Kier alpha value is -1.24. The highest BCUT2D eigenvalue weighted by Gasteiger charge is 2.18. The van der Waals surface area contributed by atoms with E-state index in [0.717, 1.165) is 0 Å². The number of hydrogen-bond donors (Lipinski definition) is 3. The third kappa shape index (κ3) is 6.28. The predicted octanol–water partition coefficient (Wildman–Crippen LogP) is -0.900. The maximum atomic E-state index is 11.4. The van der Waals surface area contributed by atoms with Crippen LogP contribution in [0.25, 0.3) is 0 Å². The lowest BCUT2D eigenvalue weighted by Crippen LogP contribution is -2.48. The van der Waals surface area contributed by atoms with Crippen molar-refractivity contribution < 1.29 is 19.1 Å². The van der Waals surface area contributed by atoms with E-state index in [1.54, 1.807) is 6.92 Å². The Bertz CT molecular complexity index is 270. The molecule has 16 heavy (non-hydrogen) atoms. The number of carbonyl (C=O) groups excluding carboxylic acids is 3. The molecule has 0 heterocycles. The molecule has 0 aliphatic rings. The molecule has 6 nitrogen and oxygen atoms in total. The van der Waals surface area contributed by atoms with Crippen LogP contribution >= 0.6 is 12.6 Å². The first kappa shape index (κ1) is 14.8. The summed E-state index contributed by atoms with van der Waals surface area (Å²) in [6, 6.07) is -0.741. The van der Waals surface area contributed by atoms with Crippen LogP contribution in [0.2, 0.25) is 0 Å². The maximum absolute atomic E-state index is 11.4. The average molecular weight is 248 g/mol. The minimum atomic E-state index is -0.741. The van der Waals surface area contributed by atoms with E-state index in [1.807, 2.05) is 0 Å². The van der Waals surface area contributed by atoms with Gasteiger partial charge in [-0.3, -0.25) is 14.4 Å². The van der Waals surface area contributed by atoms with Crippen LogP contribution in [-0.2, 0) is 19.1 Å². The molecule has 0 spiro atoms. The van der Waals surface area contributed by atoms with Crippen molar-refractivity contribution >= 4 is 30.4 Å². The summed E-state index contributed by atoms with van der Waals surface area (Å²) in [6.45, 7) is 3.02. The van der Waals surface area contributed by atoms with Gasteiger partial charge in [0.2, 0.25) is 11.8 Å². The van der Waals surface area contributed by atoms with Crippen molar-refractivity contribution in [1.82, 2.24) is 10.6 Å². The fraction of sp³-hybridized carbons (Fsp3) is 0.667. The lowest BCUT2D eigenvalue weighted by molar-refractivity contribution is -0.143. The number of hydrogen-bond acceptors (Lipinski definition) is 5. The van der Waals surface area contributed by atoms with Gasteiger partial charge in [-0.1, -0.05) is 0 Å². The van der Waals surface area contributed by atoms with Gasteiger partial charge in [-0.15, -0.1) is 0 Å². The predicted molar refractivity (Wildman–Crippen MR) is 61.1 cm³/mol. The third-order valence-electron chi connectivity index (χ3n) is 1.59. The van der Waals surface area contributed by atoms with Gasteiger partial charge in [-0.25, -0.2) is 0 Å². The molecule has 92 valence electrons. The molecule has 2 amide bonds. The highest BCUT2D eigenvalue weighted by molar-refractivity contribution is 7.80. The van der Waals surface area contributed by atoms with Gasteiger partial charge in [0.15, 0.2) is 0 Å². The van der Waals surface area contributed by atoms with Crippen molar-refractivity contribution in [2.24, 2.45) is 0 Å². The summed E-state index contributed by atoms with van der Waals surface area (Å²) >= 11 is 3.92. The molecule has 0 aromatic carbocycles. The molecule has 7 heteroatoms. The van der Waals surface area contributed by atoms with Crippen LogP contribution < -0.4 is 10.6 Å². The standard InChI is InChI=1S/C9H16N2O4S/c1-3-15-8(13)4-10-9(14)7(5-16)11-6(2)12/h7,16H,3-5H2,1-2H3,(H,10,14)(H,11,12)/t7-/m0/s1. The Morgan fingerprint density at radius 3 is 2.44 bits per heavy atom. The van der Waals surface area contributed by atoms with Crippen LogP contribution in [-0.4, -0.2) is 42.7 Å². The summed E-state index contributed by atoms with van der Waals surface area (Å²) < 4.78 is 4.63. The zero-order valence-corrected chi connectivity index (χ0v) is 10.2. The van der Waals surface area contributed by atoms with Crippen molar-refractivity contribution in [3.63, 3.8) is 0 Å². The molecular weight excluding hydrogens is 232 g/mol. The second-order valence-corrected chi connectivity index (χ2v) is 3.32. The van der Waals surface area contributed by atoms with Gasteiger partial charge < -0.3 is 15.4 Å². The molecule has 1 atom stereocenters. The normalized spacial score (nSPS) is 11.4. The summed E-state index contributed by atoms with van der Waals surface area (Å²) in [5.74, 6) is -1.14. The third-order valence-corrected chi connectivity index (χ3v) is 1.95. The monoisotopic (exact) mass is 248 g/mol. The SMILES string of the molecule is CCOC(=O)CNC(=O)[C@H](CS)NC(C)=O. The van der Waals surface area contributed by atoms with E-state index in [-0.39, 0.29) is 24.8 Å².